The van der Waals surface area contributed by atoms with Crippen LogP contribution < -0.4 is 9.47 Å². The molecule has 2 aromatic carbocycles. The third-order valence-electron chi connectivity index (χ3n) is 6.28. The number of halogens is 2. The number of alkyl halides is 2. The molecule has 5 nitrogen and oxygen atoms in total. The summed E-state index contributed by atoms with van der Waals surface area (Å²) in [5.74, 6) is 1.32. The highest BCUT2D eigenvalue weighted by Crippen LogP contribution is 2.28. The van der Waals surface area contributed by atoms with Crippen LogP contribution in [0.4, 0.5) is 0 Å². The van der Waals surface area contributed by atoms with E-state index in [1.807, 2.05) is 62.4 Å². The SMILES string of the molecule is CC(Cl)C(Oc1ccc(C(C)(C)C)cc1)C(C)OS(=O)OC(C)C(Oc1ccc(C(C)(C)C)cc1)C(C)Cl. The first kappa shape index (κ1) is 32.9. The van der Waals surface area contributed by atoms with Crippen LogP contribution in [0.25, 0.3) is 0 Å². The van der Waals surface area contributed by atoms with E-state index in [1.165, 1.54) is 11.1 Å². The Hall–Kier alpha value is -1.31. The van der Waals surface area contributed by atoms with Crippen LogP contribution in [0, 0.1) is 0 Å². The molecule has 2 rings (SSSR count). The van der Waals surface area contributed by atoms with E-state index in [9.17, 15) is 4.21 Å². The molecule has 214 valence electrons. The first-order valence-corrected chi connectivity index (χ1v) is 14.9. The fraction of sp³-hybridized carbons (Fsp3) is 0.600. The Morgan fingerprint density at radius 2 is 0.895 bits per heavy atom. The van der Waals surface area contributed by atoms with Gasteiger partial charge in [-0.1, -0.05) is 65.8 Å². The minimum atomic E-state index is -2.08. The molecule has 0 spiro atoms. The van der Waals surface area contributed by atoms with Gasteiger partial charge in [-0.25, -0.2) is 0 Å². The smallest absolute Gasteiger partial charge is 0.305 e. The Bertz CT molecular complexity index is 929. The summed E-state index contributed by atoms with van der Waals surface area (Å²) in [6.07, 6.45) is -2.34. The lowest BCUT2D eigenvalue weighted by Crippen LogP contribution is -2.41. The van der Waals surface area contributed by atoms with Gasteiger partial charge in [0.25, 0.3) is 0 Å². The zero-order valence-electron chi connectivity index (χ0n) is 24.3. The molecule has 0 saturated heterocycles. The van der Waals surface area contributed by atoms with E-state index in [-0.39, 0.29) is 10.8 Å². The van der Waals surface area contributed by atoms with E-state index in [4.69, 9.17) is 41.0 Å². The number of rotatable bonds is 12. The molecular weight excluding hydrogens is 543 g/mol. The molecule has 0 aliphatic carbocycles. The van der Waals surface area contributed by atoms with Crippen LogP contribution in [0.3, 0.4) is 0 Å². The quantitative estimate of drug-likeness (QED) is 0.235. The second-order valence-corrected chi connectivity index (χ2v) is 14.0. The van der Waals surface area contributed by atoms with Gasteiger partial charge in [0.15, 0.2) is 0 Å². The van der Waals surface area contributed by atoms with Gasteiger partial charge in [-0.2, -0.15) is 4.21 Å². The molecule has 0 radical (unpaired) electrons. The van der Waals surface area contributed by atoms with Crippen molar-refractivity contribution >= 4 is 34.6 Å². The maximum atomic E-state index is 12.8. The normalized spacial score (nSPS) is 18.1. The van der Waals surface area contributed by atoms with E-state index in [2.05, 4.69) is 41.5 Å². The van der Waals surface area contributed by atoms with Crippen molar-refractivity contribution in [2.45, 2.75) is 115 Å². The fourth-order valence-corrected chi connectivity index (χ4v) is 5.16. The summed E-state index contributed by atoms with van der Waals surface area (Å²) in [6, 6.07) is 15.8. The van der Waals surface area contributed by atoms with Gasteiger partial charge in [-0.3, -0.25) is 8.37 Å². The zero-order chi connectivity index (χ0) is 28.8. The molecule has 0 N–H and O–H groups in total. The summed E-state index contributed by atoms with van der Waals surface area (Å²) in [5, 5.41) is -0.812. The van der Waals surface area contributed by atoms with Crippen molar-refractivity contribution in [2.75, 3.05) is 0 Å². The maximum Gasteiger partial charge on any atom is 0.305 e. The van der Waals surface area contributed by atoms with E-state index < -0.39 is 46.5 Å². The monoisotopic (exact) mass is 586 g/mol. The number of ether oxygens (including phenoxy) is 2. The minimum absolute atomic E-state index is 0.0387. The van der Waals surface area contributed by atoms with E-state index in [0.29, 0.717) is 11.5 Å². The Morgan fingerprint density at radius 3 is 1.13 bits per heavy atom. The molecular formula is C30H44Cl2O5S. The first-order chi connectivity index (χ1) is 17.5. The molecule has 0 saturated carbocycles. The van der Waals surface area contributed by atoms with Crippen molar-refractivity contribution in [3.8, 4) is 11.5 Å². The van der Waals surface area contributed by atoms with Gasteiger partial charge in [-0.05, 0) is 73.9 Å². The van der Waals surface area contributed by atoms with Crippen molar-refractivity contribution in [1.29, 1.82) is 0 Å². The van der Waals surface area contributed by atoms with Crippen LogP contribution in [0.5, 0.6) is 11.5 Å². The summed E-state index contributed by atoms with van der Waals surface area (Å²) < 4.78 is 36.4. The molecule has 0 fully saturated rings. The molecule has 2 aromatic rings. The van der Waals surface area contributed by atoms with Crippen LogP contribution in [-0.2, 0) is 30.6 Å². The standard InChI is InChI=1S/C30H44Cl2O5S/c1-19(31)27(34-25-15-11-23(12-16-25)29(5,6)7)21(3)36-38(33)37-22(4)28(20(2)32)35-26-17-13-24(14-18-26)30(8,9)10/h11-22,27-28H,1-10H3. The summed E-state index contributed by atoms with van der Waals surface area (Å²) >= 11 is 10.8. The maximum absolute atomic E-state index is 12.8. The average Bonchev–Trinajstić information content (AvgIpc) is 2.79. The molecule has 6 atom stereocenters. The zero-order valence-corrected chi connectivity index (χ0v) is 26.6. The summed E-state index contributed by atoms with van der Waals surface area (Å²) in [5.41, 5.74) is 2.47. The van der Waals surface area contributed by atoms with Crippen LogP contribution in [0.1, 0.15) is 80.4 Å². The Labute approximate surface area is 242 Å². The highest BCUT2D eigenvalue weighted by molar-refractivity contribution is 7.75. The van der Waals surface area contributed by atoms with E-state index >= 15 is 0 Å². The summed E-state index contributed by atoms with van der Waals surface area (Å²) in [4.78, 5) is 0. The molecule has 8 heteroatoms. The number of hydrogen-bond acceptors (Lipinski definition) is 5. The highest BCUT2D eigenvalue weighted by Gasteiger charge is 2.31. The average molecular weight is 588 g/mol. The Balaban J connectivity index is 2.01. The van der Waals surface area contributed by atoms with Crippen molar-refractivity contribution in [1.82, 2.24) is 0 Å². The lowest BCUT2D eigenvalue weighted by atomic mass is 9.87. The summed E-state index contributed by atoms with van der Waals surface area (Å²) in [6.45, 7) is 20.1. The second kappa shape index (κ2) is 13.8. The predicted molar refractivity (Wildman–Crippen MR) is 159 cm³/mol. The third kappa shape index (κ3) is 10.0. The van der Waals surface area contributed by atoms with Gasteiger partial charge in [0.05, 0.1) is 10.8 Å². The van der Waals surface area contributed by atoms with Crippen LogP contribution >= 0.6 is 23.2 Å². The van der Waals surface area contributed by atoms with Gasteiger partial charge >= 0.3 is 11.4 Å². The van der Waals surface area contributed by atoms with Crippen molar-refractivity contribution in [2.24, 2.45) is 0 Å². The van der Waals surface area contributed by atoms with Crippen LogP contribution in [0.15, 0.2) is 48.5 Å². The van der Waals surface area contributed by atoms with Crippen molar-refractivity contribution in [3.63, 3.8) is 0 Å². The van der Waals surface area contributed by atoms with E-state index in [0.717, 1.165) is 0 Å². The lowest BCUT2D eigenvalue weighted by Gasteiger charge is -2.29. The summed E-state index contributed by atoms with van der Waals surface area (Å²) in [7, 11) is 0. The van der Waals surface area contributed by atoms with Gasteiger partial charge in [0, 0.05) is 0 Å². The second-order valence-electron chi connectivity index (χ2n) is 11.9. The molecule has 0 aromatic heterocycles. The minimum Gasteiger partial charge on any atom is -0.486 e. The molecule has 0 bridgehead atoms. The lowest BCUT2D eigenvalue weighted by molar-refractivity contribution is 0.0367. The van der Waals surface area contributed by atoms with Crippen molar-refractivity contribution in [3.05, 3.63) is 59.7 Å². The van der Waals surface area contributed by atoms with Gasteiger partial charge < -0.3 is 9.47 Å². The molecule has 0 heterocycles. The topological polar surface area (TPSA) is 54.0 Å². The van der Waals surface area contributed by atoms with Crippen molar-refractivity contribution < 1.29 is 22.0 Å². The molecule has 0 amide bonds. The Kier molecular flexibility index (Phi) is 12.0. The number of benzene rings is 2. The molecule has 0 aliphatic heterocycles. The van der Waals surface area contributed by atoms with Crippen LogP contribution in [-0.4, -0.2) is 39.4 Å². The van der Waals surface area contributed by atoms with Crippen LogP contribution in [0.2, 0.25) is 0 Å². The van der Waals surface area contributed by atoms with Gasteiger partial charge in [0.1, 0.15) is 35.9 Å². The van der Waals surface area contributed by atoms with E-state index in [1.54, 1.807) is 13.8 Å². The molecule has 38 heavy (non-hydrogen) atoms. The molecule has 0 aliphatic rings. The van der Waals surface area contributed by atoms with Gasteiger partial charge in [-0.15, -0.1) is 23.2 Å². The third-order valence-corrected chi connectivity index (χ3v) is 7.69. The highest BCUT2D eigenvalue weighted by atomic mass is 35.5. The molecule has 6 unspecified atom stereocenters. The predicted octanol–water partition coefficient (Wildman–Crippen LogP) is 8.12. The Morgan fingerprint density at radius 1 is 0.605 bits per heavy atom. The largest absolute Gasteiger partial charge is 0.486 e. The fourth-order valence-electron chi connectivity index (χ4n) is 3.89. The first-order valence-electron chi connectivity index (χ1n) is 13.1. The number of hydrogen-bond donors (Lipinski definition) is 0. The van der Waals surface area contributed by atoms with Gasteiger partial charge in [0.2, 0.25) is 0 Å².